The average Bonchev–Trinajstić information content (AvgIpc) is 2.48. The van der Waals surface area contributed by atoms with E-state index in [-0.39, 0.29) is 5.69 Å². The van der Waals surface area contributed by atoms with Gasteiger partial charge in [0.1, 0.15) is 5.82 Å². The molecule has 0 amide bonds. The van der Waals surface area contributed by atoms with Crippen molar-refractivity contribution in [3.63, 3.8) is 0 Å². The minimum Gasteiger partial charge on any atom is -0.396 e. The smallest absolute Gasteiger partial charge is 0.146 e. The summed E-state index contributed by atoms with van der Waals surface area (Å²) in [6.45, 7) is 3.24. The second-order valence-electron chi connectivity index (χ2n) is 4.67. The zero-order valence-corrected chi connectivity index (χ0v) is 11.5. The van der Waals surface area contributed by atoms with Crippen molar-refractivity contribution in [3.05, 3.63) is 59.9 Å². The maximum absolute atomic E-state index is 13.1. The molecule has 2 aromatic carbocycles. The molecule has 0 aliphatic carbocycles. The first-order valence-electron chi connectivity index (χ1n) is 6.64. The summed E-state index contributed by atoms with van der Waals surface area (Å²) in [4.78, 5) is 2.06. The molecule has 4 heteroatoms. The molecule has 0 aliphatic rings. The van der Waals surface area contributed by atoms with Crippen molar-refractivity contribution in [1.29, 1.82) is 0 Å². The molecule has 0 saturated heterocycles. The van der Waals surface area contributed by atoms with E-state index in [1.807, 2.05) is 37.3 Å². The SMILES string of the molecule is CCN(CC(O)c1ccc(F)c(N)c1)c1ccccc1. The molecule has 0 aromatic heterocycles. The summed E-state index contributed by atoms with van der Waals surface area (Å²) in [5.41, 5.74) is 7.26. The van der Waals surface area contributed by atoms with Gasteiger partial charge in [0.05, 0.1) is 11.8 Å². The normalized spacial score (nSPS) is 12.2. The van der Waals surface area contributed by atoms with Crippen molar-refractivity contribution < 1.29 is 9.50 Å². The summed E-state index contributed by atoms with van der Waals surface area (Å²) in [5.74, 6) is -0.462. The molecule has 1 atom stereocenters. The first-order valence-corrected chi connectivity index (χ1v) is 6.64. The molecule has 3 nitrogen and oxygen atoms in total. The van der Waals surface area contributed by atoms with Crippen LogP contribution in [-0.4, -0.2) is 18.2 Å². The Morgan fingerprint density at radius 3 is 2.50 bits per heavy atom. The Balaban J connectivity index is 2.13. The Labute approximate surface area is 118 Å². The maximum Gasteiger partial charge on any atom is 0.146 e. The predicted octanol–water partition coefficient (Wildman–Crippen LogP) is 2.97. The van der Waals surface area contributed by atoms with E-state index >= 15 is 0 Å². The van der Waals surface area contributed by atoms with Crippen molar-refractivity contribution in [2.45, 2.75) is 13.0 Å². The molecule has 0 spiro atoms. The molecule has 0 aliphatic heterocycles. The van der Waals surface area contributed by atoms with Crippen LogP contribution in [0.1, 0.15) is 18.6 Å². The van der Waals surface area contributed by atoms with E-state index in [1.54, 1.807) is 6.07 Å². The zero-order chi connectivity index (χ0) is 14.5. The van der Waals surface area contributed by atoms with Crippen LogP contribution in [0.5, 0.6) is 0 Å². The van der Waals surface area contributed by atoms with Gasteiger partial charge in [-0.1, -0.05) is 24.3 Å². The number of nitrogens with two attached hydrogens (primary N) is 1. The molecule has 106 valence electrons. The highest BCUT2D eigenvalue weighted by Gasteiger charge is 2.14. The number of nitrogens with zero attached hydrogens (tertiary/aromatic N) is 1. The molecule has 0 saturated carbocycles. The van der Waals surface area contributed by atoms with Gasteiger partial charge < -0.3 is 15.7 Å². The number of aliphatic hydroxyl groups excluding tert-OH is 1. The molecule has 0 radical (unpaired) electrons. The third-order valence-corrected chi connectivity index (χ3v) is 3.30. The van der Waals surface area contributed by atoms with E-state index in [2.05, 4.69) is 4.90 Å². The first kappa shape index (κ1) is 14.3. The van der Waals surface area contributed by atoms with Gasteiger partial charge in [0.15, 0.2) is 0 Å². The summed E-state index contributed by atoms with van der Waals surface area (Å²) in [6, 6.07) is 14.2. The third kappa shape index (κ3) is 3.27. The molecule has 2 aromatic rings. The van der Waals surface area contributed by atoms with Crippen LogP contribution < -0.4 is 10.6 Å². The second kappa shape index (κ2) is 6.39. The van der Waals surface area contributed by atoms with Gasteiger partial charge in [-0.3, -0.25) is 0 Å². The lowest BCUT2D eigenvalue weighted by Crippen LogP contribution is -2.28. The second-order valence-corrected chi connectivity index (χ2v) is 4.67. The Kier molecular flexibility index (Phi) is 4.58. The minimum absolute atomic E-state index is 0.0595. The van der Waals surface area contributed by atoms with Crippen LogP contribution in [0.25, 0.3) is 0 Å². The fourth-order valence-corrected chi connectivity index (χ4v) is 2.14. The van der Waals surface area contributed by atoms with Crippen molar-refractivity contribution in [1.82, 2.24) is 0 Å². The number of likely N-dealkylation sites (N-methyl/N-ethyl adjacent to an activating group) is 1. The number of hydrogen-bond donors (Lipinski definition) is 2. The van der Waals surface area contributed by atoms with E-state index in [4.69, 9.17) is 5.73 Å². The van der Waals surface area contributed by atoms with Crippen molar-refractivity contribution in [2.24, 2.45) is 0 Å². The van der Waals surface area contributed by atoms with E-state index in [9.17, 15) is 9.50 Å². The van der Waals surface area contributed by atoms with Crippen molar-refractivity contribution >= 4 is 11.4 Å². The Morgan fingerprint density at radius 2 is 1.90 bits per heavy atom. The number of nitrogen functional groups attached to an aromatic ring is 1. The number of rotatable bonds is 5. The fraction of sp³-hybridized carbons (Fsp3) is 0.250. The molecule has 0 heterocycles. The summed E-state index contributed by atoms with van der Waals surface area (Å²) in [5, 5.41) is 10.3. The van der Waals surface area contributed by atoms with Crippen LogP contribution in [0.15, 0.2) is 48.5 Å². The highest BCUT2D eigenvalue weighted by Crippen LogP contribution is 2.22. The average molecular weight is 274 g/mol. The minimum atomic E-state index is -0.710. The number of anilines is 2. The fourth-order valence-electron chi connectivity index (χ4n) is 2.14. The third-order valence-electron chi connectivity index (χ3n) is 3.30. The van der Waals surface area contributed by atoms with E-state index < -0.39 is 11.9 Å². The van der Waals surface area contributed by atoms with Crippen LogP contribution in [0.4, 0.5) is 15.8 Å². The van der Waals surface area contributed by atoms with Crippen molar-refractivity contribution in [3.8, 4) is 0 Å². The summed E-state index contributed by atoms with van der Waals surface area (Å²) >= 11 is 0. The maximum atomic E-state index is 13.1. The molecule has 1 unspecified atom stereocenters. The monoisotopic (exact) mass is 274 g/mol. The van der Waals surface area contributed by atoms with Gasteiger partial charge in [-0.25, -0.2) is 4.39 Å². The van der Waals surface area contributed by atoms with Crippen LogP contribution in [0, 0.1) is 5.82 Å². The van der Waals surface area contributed by atoms with Gasteiger partial charge in [-0.15, -0.1) is 0 Å². The van der Waals surface area contributed by atoms with Gasteiger partial charge in [0.2, 0.25) is 0 Å². The molecular weight excluding hydrogens is 255 g/mol. The number of aliphatic hydroxyl groups is 1. The number of para-hydroxylation sites is 1. The van der Waals surface area contributed by atoms with E-state index in [0.717, 1.165) is 12.2 Å². The number of benzene rings is 2. The van der Waals surface area contributed by atoms with Gasteiger partial charge in [-0.2, -0.15) is 0 Å². The lowest BCUT2D eigenvalue weighted by Gasteiger charge is -2.26. The first-order chi connectivity index (χ1) is 9.61. The zero-order valence-electron chi connectivity index (χ0n) is 11.5. The molecule has 20 heavy (non-hydrogen) atoms. The van der Waals surface area contributed by atoms with Crippen LogP contribution >= 0.6 is 0 Å². The summed E-state index contributed by atoms with van der Waals surface area (Å²) in [6.07, 6.45) is -0.710. The van der Waals surface area contributed by atoms with Gasteiger partial charge >= 0.3 is 0 Å². The topological polar surface area (TPSA) is 49.5 Å². The largest absolute Gasteiger partial charge is 0.396 e. The van der Waals surface area contributed by atoms with Crippen molar-refractivity contribution in [2.75, 3.05) is 23.7 Å². The van der Waals surface area contributed by atoms with E-state index in [1.165, 1.54) is 12.1 Å². The lowest BCUT2D eigenvalue weighted by molar-refractivity contribution is 0.183. The van der Waals surface area contributed by atoms with Crippen LogP contribution in [0.3, 0.4) is 0 Å². The quantitative estimate of drug-likeness (QED) is 0.824. The van der Waals surface area contributed by atoms with Crippen LogP contribution in [0.2, 0.25) is 0 Å². The van der Waals surface area contributed by atoms with Crippen LogP contribution in [-0.2, 0) is 0 Å². The molecule has 3 N–H and O–H groups in total. The Hall–Kier alpha value is -2.07. The van der Waals surface area contributed by atoms with Gasteiger partial charge in [0, 0.05) is 18.8 Å². The Morgan fingerprint density at radius 1 is 1.20 bits per heavy atom. The highest BCUT2D eigenvalue weighted by atomic mass is 19.1. The lowest BCUT2D eigenvalue weighted by atomic mass is 10.1. The molecule has 0 bridgehead atoms. The number of hydrogen-bond acceptors (Lipinski definition) is 3. The molecular formula is C16H19FN2O. The molecule has 2 rings (SSSR count). The summed E-state index contributed by atoms with van der Waals surface area (Å²) < 4.78 is 13.1. The summed E-state index contributed by atoms with van der Waals surface area (Å²) in [7, 11) is 0. The standard InChI is InChI=1S/C16H19FN2O/c1-2-19(13-6-4-3-5-7-13)11-16(20)12-8-9-14(17)15(18)10-12/h3-10,16,20H,2,11,18H2,1H3. The van der Waals surface area contributed by atoms with Gasteiger partial charge in [0.25, 0.3) is 0 Å². The number of halogens is 1. The molecule has 0 fully saturated rings. The van der Waals surface area contributed by atoms with Gasteiger partial charge in [-0.05, 0) is 36.8 Å². The Bertz CT molecular complexity index is 560. The van der Waals surface area contributed by atoms with E-state index in [0.29, 0.717) is 12.1 Å². The predicted molar refractivity (Wildman–Crippen MR) is 80.1 cm³/mol. The highest BCUT2D eigenvalue weighted by molar-refractivity contribution is 5.47.